The zero-order valence-corrected chi connectivity index (χ0v) is 38.5. The van der Waals surface area contributed by atoms with Gasteiger partial charge in [-0.25, -0.2) is 0 Å². The monoisotopic (exact) mass is 804 g/mol. The molecule has 0 fully saturated rings. The van der Waals surface area contributed by atoms with Crippen LogP contribution in [0.2, 0.25) is 0 Å². The minimum absolute atomic E-state index is 0.143. The third kappa shape index (κ3) is 42.8. The molecule has 0 aromatic rings. The van der Waals surface area contributed by atoms with Crippen LogP contribution in [0.5, 0.6) is 0 Å². The number of hydrogen-bond donors (Lipinski definition) is 4. The first-order valence-corrected chi connectivity index (χ1v) is 25.6. The van der Waals surface area contributed by atoms with E-state index >= 15 is 0 Å². The van der Waals surface area contributed by atoms with Gasteiger partial charge in [0.25, 0.3) is 0 Å². The summed E-state index contributed by atoms with van der Waals surface area (Å²) in [5, 5.41) is 33.6. The number of carbonyl (C=O) groups is 1. The second-order valence-electron chi connectivity index (χ2n) is 17.7. The number of amides is 1. The van der Waals surface area contributed by atoms with Crippen LogP contribution >= 0.6 is 0 Å². The van der Waals surface area contributed by atoms with Gasteiger partial charge in [-0.2, -0.15) is 0 Å². The van der Waals surface area contributed by atoms with Gasteiger partial charge < -0.3 is 20.6 Å². The molecule has 3 unspecified atom stereocenters. The Morgan fingerprint density at radius 3 is 1.11 bits per heavy atom. The number of nitrogens with one attached hydrogen (secondary N) is 1. The maximum absolute atomic E-state index is 12.5. The molecular weight excluding hydrogens is 703 g/mol. The number of aliphatic hydroxyl groups is 3. The molecule has 3 atom stereocenters. The smallest absolute Gasteiger partial charge is 0.220 e. The first kappa shape index (κ1) is 55.8. The maximum Gasteiger partial charge on any atom is 0.220 e. The molecule has 0 bridgehead atoms. The highest BCUT2D eigenvalue weighted by molar-refractivity contribution is 5.76. The highest BCUT2D eigenvalue weighted by Gasteiger charge is 2.26. The summed E-state index contributed by atoms with van der Waals surface area (Å²) in [7, 11) is 0. The second-order valence-corrected chi connectivity index (χ2v) is 17.7. The van der Waals surface area contributed by atoms with Gasteiger partial charge in [-0.3, -0.25) is 4.79 Å². The molecule has 5 heteroatoms. The van der Waals surface area contributed by atoms with Crippen LogP contribution in [0, 0.1) is 0 Å². The minimum Gasteiger partial charge on any atom is -0.394 e. The molecule has 4 N–H and O–H groups in total. The van der Waals surface area contributed by atoms with Gasteiger partial charge in [-0.1, -0.05) is 250 Å². The van der Waals surface area contributed by atoms with Crippen LogP contribution in [0.25, 0.3) is 0 Å². The summed E-state index contributed by atoms with van der Waals surface area (Å²) in [6.45, 7) is 4.19. The van der Waals surface area contributed by atoms with E-state index in [9.17, 15) is 20.1 Å². The number of carbonyl (C=O) groups excluding carboxylic acids is 1. The zero-order valence-electron chi connectivity index (χ0n) is 38.5. The van der Waals surface area contributed by atoms with E-state index in [4.69, 9.17) is 0 Å². The third-order valence-electron chi connectivity index (χ3n) is 12.1. The summed E-state index contributed by atoms with van der Waals surface area (Å²) >= 11 is 0. The lowest BCUT2D eigenvalue weighted by Crippen LogP contribution is -2.50. The molecule has 57 heavy (non-hydrogen) atoms. The van der Waals surface area contributed by atoms with Gasteiger partial charge >= 0.3 is 0 Å². The van der Waals surface area contributed by atoms with Crippen molar-refractivity contribution in [3.63, 3.8) is 0 Å². The molecule has 0 aliphatic carbocycles. The molecule has 0 aromatic heterocycles. The summed E-state index contributed by atoms with van der Waals surface area (Å²) in [6.07, 6.45) is 58.8. The van der Waals surface area contributed by atoms with E-state index in [1.54, 1.807) is 0 Å². The Morgan fingerprint density at radius 2 is 0.754 bits per heavy atom. The molecule has 0 rings (SSSR count). The van der Waals surface area contributed by atoms with Gasteiger partial charge in [0.15, 0.2) is 0 Å². The molecule has 0 heterocycles. The van der Waals surface area contributed by atoms with Crippen LogP contribution in [0.3, 0.4) is 0 Å². The molecule has 0 spiro atoms. The maximum atomic E-state index is 12.5. The van der Waals surface area contributed by atoms with E-state index in [1.165, 1.54) is 205 Å². The highest BCUT2D eigenvalue weighted by Crippen LogP contribution is 2.17. The Hall–Kier alpha value is -1.17. The van der Waals surface area contributed by atoms with Gasteiger partial charge in [-0.05, 0) is 44.9 Å². The number of aliphatic hydroxyl groups excluding tert-OH is 3. The van der Waals surface area contributed by atoms with Crippen LogP contribution in [-0.2, 0) is 4.79 Å². The largest absolute Gasteiger partial charge is 0.394 e. The second kappa shape index (κ2) is 47.5. The molecule has 1 amide bonds. The fourth-order valence-electron chi connectivity index (χ4n) is 8.08. The van der Waals surface area contributed by atoms with E-state index in [0.29, 0.717) is 12.8 Å². The van der Waals surface area contributed by atoms with Crippen molar-refractivity contribution < 1.29 is 20.1 Å². The molecule has 0 saturated carbocycles. The predicted octanol–water partition coefficient (Wildman–Crippen LogP) is 15.3. The number of allylic oxidation sites excluding steroid dienone is 4. The fourth-order valence-corrected chi connectivity index (χ4v) is 8.08. The molecule has 338 valence electrons. The lowest BCUT2D eigenvalue weighted by atomic mass is 9.99. The number of hydrogen-bond acceptors (Lipinski definition) is 4. The van der Waals surface area contributed by atoms with Crippen LogP contribution in [0.15, 0.2) is 24.3 Å². The van der Waals surface area contributed by atoms with Crippen molar-refractivity contribution in [2.75, 3.05) is 6.61 Å². The van der Waals surface area contributed by atoms with Crippen molar-refractivity contribution in [1.82, 2.24) is 5.32 Å². The molecule has 0 aliphatic rings. The summed E-state index contributed by atoms with van der Waals surface area (Å²) < 4.78 is 0. The van der Waals surface area contributed by atoms with Crippen molar-refractivity contribution in [2.45, 2.75) is 295 Å². The van der Waals surface area contributed by atoms with Crippen LogP contribution in [0.1, 0.15) is 277 Å². The van der Waals surface area contributed by atoms with E-state index in [2.05, 4.69) is 43.5 Å². The van der Waals surface area contributed by atoms with Crippen LogP contribution < -0.4 is 5.32 Å². The lowest BCUT2D eigenvalue weighted by Gasteiger charge is -2.26. The van der Waals surface area contributed by atoms with Crippen LogP contribution in [0.4, 0.5) is 0 Å². The lowest BCUT2D eigenvalue weighted by molar-refractivity contribution is -0.124. The molecule has 0 radical (unpaired) electrons. The number of unbranched alkanes of at least 4 members (excludes halogenated alkanes) is 35. The Bertz CT molecular complexity index is 844. The van der Waals surface area contributed by atoms with E-state index in [-0.39, 0.29) is 12.5 Å². The Morgan fingerprint density at radius 1 is 0.439 bits per heavy atom. The van der Waals surface area contributed by atoms with Crippen molar-refractivity contribution in [3.8, 4) is 0 Å². The van der Waals surface area contributed by atoms with Crippen molar-refractivity contribution in [2.24, 2.45) is 0 Å². The first-order valence-electron chi connectivity index (χ1n) is 25.6. The van der Waals surface area contributed by atoms with Gasteiger partial charge in [0, 0.05) is 6.42 Å². The average Bonchev–Trinajstić information content (AvgIpc) is 3.22. The first-order chi connectivity index (χ1) is 28.1. The van der Waals surface area contributed by atoms with Gasteiger partial charge in [0.2, 0.25) is 5.91 Å². The van der Waals surface area contributed by atoms with Gasteiger partial charge in [0.1, 0.15) is 6.10 Å². The van der Waals surface area contributed by atoms with E-state index in [1.807, 2.05) is 0 Å². The quantitative estimate of drug-likeness (QED) is 0.0364. The van der Waals surface area contributed by atoms with Gasteiger partial charge in [0.05, 0.1) is 18.8 Å². The Kier molecular flexibility index (Phi) is 46.5. The molecule has 0 saturated heterocycles. The summed E-state index contributed by atoms with van der Waals surface area (Å²) in [5.41, 5.74) is 0. The molecular formula is C52H101NO4. The van der Waals surface area contributed by atoms with Crippen molar-refractivity contribution in [1.29, 1.82) is 0 Å². The fraction of sp³-hybridized carbons (Fsp3) is 0.904. The SMILES string of the molecule is CCCCCCCCCCC/C=C\C/C=C\CCCCCCCCCCCCCCCC(=O)NC(CO)C(O)C(O)CCCCCCCCCCCCCCCC. The minimum atomic E-state index is -1.13. The van der Waals surface area contributed by atoms with Gasteiger partial charge in [-0.15, -0.1) is 0 Å². The third-order valence-corrected chi connectivity index (χ3v) is 12.1. The molecule has 5 nitrogen and oxygen atoms in total. The van der Waals surface area contributed by atoms with Crippen molar-refractivity contribution in [3.05, 3.63) is 24.3 Å². The summed E-state index contributed by atoms with van der Waals surface area (Å²) in [5.74, 6) is -0.143. The van der Waals surface area contributed by atoms with E-state index < -0.39 is 18.2 Å². The highest BCUT2D eigenvalue weighted by atomic mass is 16.3. The Balaban J connectivity index is 3.53. The average molecular weight is 804 g/mol. The zero-order chi connectivity index (χ0) is 41.5. The topological polar surface area (TPSA) is 89.8 Å². The van der Waals surface area contributed by atoms with Crippen molar-refractivity contribution >= 4 is 5.91 Å². The normalized spacial score (nSPS) is 13.6. The Labute approximate surface area is 356 Å². The predicted molar refractivity (Wildman–Crippen MR) is 250 cm³/mol. The number of rotatable bonds is 47. The van der Waals surface area contributed by atoms with E-state index in [0.717, 1.165) is 44.9 Å². The summed E-state index contributed by atoms with van der Waals surface area (Å²) in [4.78, 5) is 12.5. The summed E-state index contributed by atoms with van der Waals surface area (Å²) in [6, 6.07) is -0.808. The van der Waals surface area contributed by atoms with Crippen LogP contribution in [-0.4, -0.2) is 46.1 Å². The standard InChI is InChI=1S/C52H101NO4/c1-3-5-7-9-11-13-15-17-19-20-21-22-23-24-25-26-27-28-29-30-31-32-33-35-37-39-41-43-45-47-51(56)53-49(48-54)52(57)50(55)46-44-42-40-38-36-34-18-16-14-12-10-8-6-4-2/h21-22,24-25,49-50,52,54-55,57H,3-20,23,26-48H2,1-2H3,(H,53,56)/b22-21-,25-24-. The molecule has 0 aliphatic heterocycles. The molecule has 0 aromatic carbocycles.